The molecule has 8 heteroatoms. The summed E-state index contributed by atoms with van der Waals surface area (Å²) in [4.78, 5) is 37.0. The Kier molecular flexibility index (Phi) is 5.86. The van der Waals surface area contributed by atoms with Gasteiger partial charge in [0.25, 0.3) is 5.91 Å². The van der Waals surface area contributed by atoms with Gasteiger partial charge in [-0.2, -0.15) is 0 Å². The van der Waals surface area contributed by atoms with Crippen LogP contribution < -0.4 is 10.9 Å². The lowest BCUT2D eigenvalue weighted by Gasteiger charge is -2.27. The summed E-state index contributed by atoms with van der Waals surface area (Å²) in [5.74, 6) is -0.186. The summed E-state index contributed by atoms with van der Waals surface area (Å²) in [5.41, 5.74) is 5.42. The number of benzene rings is 1. The van der Waals surface area contributed by atoms with Gasteiger partial charge in [-0.1, -0.05) is 30.3 Å². The van der Waals surface area contributed by atoms with E-state index in [0.29, 0.717) is 5.75 Å². The molecule has 2 N–H and O–H groups in total. The highest BCUT2D eigenvalue weighted by Crippen LogP contribution is 2.41. The number of rotatable bonds is 3. The first kappa shape index (κ1) is 17.1. The van der Waals surface area contributed by atoms with Crippen molar-refractivity contribution in [3.63, 3.8) is 0 Å². The number of carbonyl (C=O) groups excluding carboxylic acids is 3. The second kappa shape index (κ2) is 7.87. The molecule has 3 amide bonds. The molecule has 1 aromatic carbocycles. The SMILES string of the molecule is CCOC(=O)NNC(=O)[C@H]1CS[C@H](c2ccccc2)N1C(C)=O. The fourth-order valence-electron chi connectivity index (χ4n) is 2.33. The second-order valence-corrected chi connectivity index (χ2v) is 5.99. The van der Waals surface area contributed by atoms with Crippen molar-refractivity contribution in [2.24, 2.45) is 0 Å². The van der Waals surface area contributed by atoms with Gasteiger partial charge in [0.05, 0.1) is 6.61 Å². The Morgan fingerprint density at radius 3 is 2.57 bits per heavy atom. The van der Waals surface area contributed by atoms with Crippen molar-refractivity contribution in [3.8, 4) is 0 Å². The molecule has 0 bridgehead atoms. The zero-order chi connectivity index (χ0) is 16.8. The van der Waals surface area contributed by atoms with E-state index in [1.807, 2.05) is 30.3 Å². The topological polar surface area (TPSA) is 87.7 Å². The van der Waals surface area contributed by atoms with E-state index in [4.69, 9.17) is 0 Å². The minimum Gasteiger partial charge on any atom is -0.449 e. The zero-order valence-electron chi connectivity index (χ0n) is 12.9. The molecule has 0 aromatic heterocycles. The Morgan fingerprint density at radius 1 is 1.26 bits per heavy atom. The van der Waals surface area contributed by atoms with E-state index in [1.54, 1.807) is 6.92 Å². The molecular formula is C15H19N3O4S. The van der Waals surface area contributed by atoms with Crippen LogP contribution in [0.15, 0.2) is 30.3 Å². The largest absolute Gasteiger partial charge is 0.449 e. The normalized spacial score (nSPS) is 20.0. The maximum absolute atomic E-state index is 12.3. The molecule has 1 heterocycles. The minimum absolute atomic E-state index is 0.194. The highest BCUT2D eigenvalue weighted by Gasteiger charge is 2.40. The van der Waals surface area contributed by atoms with Crippen molar-refractivity contribution in [2.75, 3.05) is 12.4 Å². The zero-order valence-corrected chi connectivity index (χ0v) is 13.8. The highest BCUT2D eigenvalue weighted by atomic mass is 32.2. The average molecular weight is 337 g/mol. The van der Waals surface area contributed by atoms with Crippen molar-refractivity contribution in [3.05, 3.63) is 35.9 Å². The van der Waals surface area contributed by atoms with Crippen LogP contribution >= 0.6 is 11.8 Å². The van der Waals surface area contributed by atoms with Crippen LogP contribution in [-0.2, 0) is 14.3 Å². The van der Waals surface area contributed by atoms with Gasteiger partial charge in [-0.05, 0) is 12.5 Å². The number of nitrogens with zero attached hydrogens (tertiary/aromatic N) is 1. The number of hydrogen-bond donors (Lipinski definition) is 2. The smallest absolute Gasteiger partial charge is 0.426 e. The molecule has 1 fully saturated rings. The van der Waals surface area contributed by atoms with Gasteiger partial charge in [0.2, 0.25) is 5.91 Å². The third-order valence-corrected chi connectivity index (χ3v) is 4.64. The van der Waals surface area contributed by atoms with Crippen LogP contribution in [0.2, 0.25) is 0 Å². The lowest BCUT2D eigenvalue weighted by Crippen LogP contribution is -2.52. The standard InChI is InChI=1S/C15H19N3O4S/c1-3-22-15(21)17-16-13(20)12-9-23-14(18(12)10(2)19)11-7-5-4-6-8-11/h4-8,12,14H,3,9H2,1-2H3,(H,16,20)(H,17,21)/t12-,14-/m1/s1. The molecule has 23 heavy (non-hydrogen) atoms. The Labute approximate surface area is 138 Å². The molecular weight excluding hydrogens is 318 g/mol. The maximum atomic E-state index is 12.3. The van der Waals surface area contributed by atoms with Crippen LogP contribution in [-0.4, -0.2) is 41.2 Å². The maximum Gasteiger partial charge on any atom is 0.426 e. The van der Waals surface area contributed by atoms with Gasteiger partial charge in [-0.3, -0.25) is 15.0 Å². The first-order chi connectivity index (χ1) is 11.0. The molecule has 2 atom stereocenters. The van der Waals surface area contributed by atoms with E-state index in [0.717, 1.165) is 5.56 Å². The van der Waals surface area contributed by atoms with Gasteiger partial charge in [0, 0.05) is 12.7 Å². The van der Waals surface area contributed by atoms with Gasteiger partial charge >= 0.3 is 6.09 Å². The first-order valence-electron chi connectivity index (χ1n) is 7.22. The Bertz CT molecular complexity index is 581. The predicted molar refractivity (Wildman–Crippen MR) is 86.2 cm³/mol. The third-order valence-electron chi connectivity index (χ3n) is 3.31. The molecule has 0 unspecified atom stereocenters. The molecule has 124 valence electrons. The summed E-state index contributed by atoms with van der Waals surface area (Å²) >= 11 is 1.51. The Hall–Kier alpha value is -2.22. The van der Waals surface area contributed by atoms with Gasteiger partial charge in [-0.15, -0.1) is 11.8 Å². The molecule has 1 aliphatic rings. The fourth-order valence-corrected chi connectivity index (χ4v) is 3.81. The molecule has 7 nitrogen and oxygen atoms in total. The molecule has 0 spiro atoms. The number of thioether (sulfide) groups is 1. The second-order valence-electron chi connectivity index (χ2n) is 4.87. The number of hydrogen-bond acceptors (Lipinski definition) is 5. The quantitative estimate of drug-likeness (QED) is 0.815. The molecule has 1 saturated heterocycles. The van der Waals surface area contributed by atoms with E-state index >= 15 is 0 Å². The van der Waals surface area contributed by atoms with Gasteiger partial charge in [-0.25, -0.2) is 10.2 Å². The molecule has 2 rings (SSSR count). The lowest BCUT2D eigenvalue weighted by molar-refractivity contribution is -0.138. The Balaban J connectivity index is 2.06. The third kappa shape index (κ3) is 4.16. The lowest BCUT2D eigenvalue weighted by atomic mass is 10.1. The van der Waals surface area contributed by atoms with Crippen LogP contribution in [0, 0.1) is 0 Å². The van der Waals surface area contributed by atoms with Crippen molar-refractivity contribution in [1.82, 2.24) is 15.8 Å². The Morgan fingerprint density at radius 2 is 1.96 bits per heavy atom. The van der Waals surface area contributed by atoms with Crippen molar-refractivity contribution in [2.45, 2.75) is 25.3 Å². The molecule has 1 aliphatic heterocycles. The predicted octanol–water partition coefficient (Wildman–Crippen LogP) is 1.43. The summed E-state index contributed by atoms with van der Waals surface area (Å²) in [7, 11) is 0. The summed E-state index contributed by atoms with van der Waals surface area (Å²) in [6.45, 7) is 3.30. The van der Waals surface area contributed by atoms with Crippen LogP contribution in [0.5, 0.6) is 0 Å². The molecule has 1 aromatic rings. The van der Waals surface area contributed by atoms with E-state index < -0.39 is 18.0 Å². The number of ether oxygens (including phenoxy) is 1. The summed E-state index contributed by atoms with van der Waals surface area (Å²) in [5, 5.41) is -0.216. The van der Waals surface area contributed by atoms with E-state index in [9.17, 15) is 14.4 Å². The minimum atomic E-state index is -0.736. The summed E-state index contributed by atoms with van der Waals surface area (Å²) in [6, 6.07) is 8.88. The van der Waals surface area contributed by atoms with Gasteiger partial charge in [0.15, 0.2) is 0 Å². The summed E-state index contributed by atoms with van der Waals surface area (Å²) in [6.07, 6.45) is -0.736. The first-order valence-corrected chi connectivity index (χ1v) is 8.27. The van der Waals surface area contributed by atoms with Crippen molar-refractivity contribution < 1.29 is 19.1 Å². The van der Waals surface area contributed by atoms with Crippen molar-refractivity contribution >= 4 is 29.7 Å². The molecule has 0 saturated carbocycles. The fraction of sp³-hybridized carbons (Fsp3) is 0.400. The van der Waals surface area contributed by atoms with Gasteiger partial charge < -0.3 is 9.64 Å². The van der Waals surface area contributed by atoms with Crippen LogP contribution in [0.4, 0.5) is 4.79 Å². The van der Waals surface area contributed by atoms with Crippen LogP contribution in [0.3, 0.4) is 0 Å². The summed E-state index contributed by atoms with van der Waals surface area (Å²) < 4.78 is 4.67. The molecule has 0 aliphatic carbocycles. The van der Waals surface area contributed by atoms with E-state index in [1.165, 1.54) is 23.6 Å². The number of hydrazine groups is 1. The highest BCUT2D eigenvalue weighted by molar-refractivity contribution is 7.99. The number of carbonyl (C=O) groups is 3. The monoisotopic (exact) mass is 337 g/mol. The number of amides is 3. The average Bonchev–Trinajstić information content (AvgIpc) is 2.99. The molecule has 0 radical (unpaired) electrons. The van der Waals surface area contributed by atoms with Gasteiger partial charge in [0.1, 0.15) is 11.4 Å². The van der Waals surface area contributed by atoms with Crippen LogP contribution in [0.1, 0.15) is 24.8 Å². The van der Waals surface area contributed by atoms with E-state index in [2.05, 4.69) is 15.6 Å². The number of nitrogens with one attached hydrogen (secondary N) is 2. The van der Waals surface area contributed by atoms with Crippen LogP contribution in [0.25, 0.3) is 0 Å². The van der Waals surface area contributed by atoms with Crippen molar-refractivity contribution in [1.29, 1.82) is 0 Å². The van der Waals surface area contributed by atoms with E-state index in [-0.39, 0.29) is 17.9 Å².